The number of hydrogen-bond donors (Lipinski definition) is 1. The molecule has 0 aliphatic rings. The van der Waals surface area contributed by atoms with Crippen LogP contribution in [0.25, 0.3) is 0 Å². The predicted octanol–water partition coefficient (Wildman–Crippen LogP) is 2.43. The minimum absolute atomic E-state index is 0.501. The second-order valence-corrected chi connectivity index (χ2v) is 5.58. The minimum atomic E-state index is 0.501. The summed E-state index contributed by atoms with van der Waals surface area (Å²) in [4.78, 5) is 11.0. The molecule has 0 aliphatic heterocycles. The predicted molar refractivity (Wildman–Crippen MR) is 83.0 cm³/mol. The van der Waals surface area contributed by atoms with E-state index in [4.69, 9.17) is 10.5 Å². The summed E-state index contributed by atoms with van der Waals surface area (Å²) < 4.78 is 5.82. The number of rotatable bonds is 7. The van der Waals surface area contributed by atoms with Crippen LogP contribution in [-0.4, -0.2) is 40.1 Å². The van der Waals surface area contributed by atoms with Crippen molar-refractivity contribution in [3.63, 3.8) is 0 Å². The lowest BCUT2D eigenvalue weighted by atomic mass is 10.2. The number of nitrogen functional groups attached to an aromatic ring is 1. The van der Waals surface area contributed by atoms with Gasteiger partial charge in [-0.15, -0.1) is 0 Å². The van der Waals surface area contributed by atoms with Gasteiger partial charge in [-0.25, -0.2) is 4.98 Å². The van der Waals surface area contributed by atoms with Crippen molar-refractivity contribution in [1.29, 1.82) is 0 Å². The van der Waals surface area contributed by atoms with Crippen LogP contribution in [0.3, 0.4) is 0 Å². The Bertz CT molecular complexity index is 424. The summed E-state index contributed by atoms with van der Waals surface area (Å²) in [6, 6.07) is 1.00. The van der Waals surface area contributed by atoms with Gasteiger partial charge in [-0.05, 0) is 34.6 Å². The lowest BCUT2D eigenvalue weighted by Gasteiger charge is -2.30. The summed E-state index contributed by atoms with van der Waals surface area (Å²) in [5.41, 5.74) is 6.71. The van der Waals surface area contributed by atoms with E-state index in [-0.39, 0.29) is 0 Å². The van der Waals surface area contributed by atoms with Crippen molar-refractivity contribution in [2.24, 2.45) is 0 Å². The van der Waals surface area contributed by atoms with Crippen LogP contribution in [0.4, 0.5) is 5.82 Å². The molecule has 0 radical (unpaired) electrons. The van der Waals surface area contributed by atoms with E-state index in [0.717, 1.165) is 24.4 Å². The van der Waals surface area contributed by atoms with Crippen molar-refractivity contribution < 1.29 is 4.74 Å². The first-order valence-electron chi connectivity index (χ1n) is 7.38. The van der Waals surface area contributed by atoms with Crippen LogP contribution in [0, 0.1) is 6.92 Å². The van der Waals surface area contributed by atoms with E-state index in [2.05, 4.69) is 42.6 Å². The molecule has 0 amide bonds. The summed E-state index contributed by atoms with van der Waals surface area (Å²) >= 11 is 0. The Hall–Kier alpha value is -1.36. The quantitative estimate of drug-likeness (QED) is 0.831. The molecule has 0 bridgehead atoms. The van der Waals surface area contributed by atoms with Crippen molar-refractivity contribution in [2.45, 2.75) is 60.0 Å². The van der Waals surface area contributed by atoms with Gasteiger partial charge in [0, 0.05) is 25.0 Å². The van der Waals surface area contributed by atoms with Crippen LogP contribution in [0.1, 0.15) is 46.0 Å². The number of nitrogens with two attached hydrogens (primary N) is 1. The third-order valence-electron chi connectivity index (χ3n) is 3.42. The zero-order chi connectivity index (χ0) is 15.3. The third-order valence-corrected chi connectivity index (χ3v) is 3.42. The highest BCUT2D eigenvalue weighted by molar-refractivity contribution is 5.44. The van der Waals surface area contributed by atoms with E-state index in [0.29, 0.717) is 30.4 Å². The Balaban J connectivity index is 2.68. The lowest BCUT2D eigenvalue weighted by molar-refractivity contribution is 0.139. The van der Waals surface area contributed by atoms with Gasteiger partial charge in [-0.3, -0.25) is 4.90 Å². The van der Waals surface area contributed by atoms with Crippen molar-refractivity contribution in [1.82, 2.24) is 14.9 Å². The second-order valence-electron chi connectivity index (χ2n) is 5.58. The van der Waals surface area contributed by atoms with Crippen molar-refractivity contribution in [2.75, 3.05) is 18.9 Å². The maximum absolute atomic E-state index is 5.88. The fourth-order valence-corrected chi connectivity index (χ4v) is 2.22. The average Bonchev–Trinajstić information content (AvgIpc) is 2.37. The van der Waals surface area contributed by atoms with Crippen LogP contribution >= 0.6 is 0 Å². The van der Waals surface area contributed by atoms with Gasteiger partial charge in [0.1, 0.15) is 18.2 Å². The Morgan fingerprint density at radius 1 is 1.15 bits per heavy atom. The largest absolute Gasteiger partial charge is 0.476 e. The van der Waals surface area contributed by atoms with Crippen LogP contribution in [0.5, 0.6) is 5.88 Å². The molecule has 5 nitrogen and oxygen atoms in total. The molecule has 0 atom stereocenters. The fourth-order valence-electron chi connectivity index (χ4n) is 2.22. The van der Waals surface area contributed by atoms with Gasteiger partial charge < -0.3 is 10.5 Å². The number of aromatic nitrogens is 2. The first kappa shape index (κ1) is 16.7. The maximum Gasteiger partial charge on any atom is 0.221 e. The van der Waals surface area contributed by atoms with E-state index >= 15 is 0 Å². The molecule has 0 unspecified atom stereocenters. The minimum Gasteiger partial charge on any atom is -0.476 e. The van der Waals surface area contributed by atoms with Gasteiger partial charge in [-0.2, -0.15) is 4.98 Å². The molecular formula is C15H28N4O. The number of hydrogen-bond acceptors (Lipinski definition) is 5. The smallest absolute Gasteiger partial charge is 0.221 e. The molecule has 0 saturated carbocycles. The van der Waals surface area contributed by atoms with Gasteiger partial charge in [-0.1, -0.05) is 6.92 Å². The van der Waals surface area contributed by atoms with E-state index in [1.165, 1.54) is 0 Å². The van der Waals surface area contributed by atoms with Gasteiger partial charge in [0.2, 0.25) is 5.88 Å². The molecule has 1 aromatic heterocycles. The summed E-state index contributed by atoms with van der Waals surface area (Å²) in [7, 11) is 0. The van der Waals surface area contributed by atoms with Crippen molar-refractivity contribution in [3.8, 4) is 5.88 Å². The molecule has 1 aromatic rings. The zero-order valence-corrected chi connectivity index (χ0v) is 13.6. The number of anilines is 1. The molecule has 0 fully saturated rings. The normalized spacial score (nSPS) is 11.7. The van der Waals surface area contributed by atoms with Crippen molar-refractivity contribution >= 4 is 5.82 Å². The number of aryl methyl sites for hydroxylation is 1. The lowest BCUT2D eigenvalue weighted by Crippen LogP contribution is -2.39. The molecule has 0 spiro atoms. The molecular weight excluding hydrogens is 252 g/mol. The Morgan fingerprint density at radius 2 is 1.75 bits per heavy atom. The molecule has 0 saturated heterocycles. The summed E-state index contributed by atoms with van der Waals surface area (Å²) in [5, 5.41) is 0. The third kappa shape index (κ3) is 4.34. The highest BCUT2D eigenvalue weighted by Crippen LogP contribution is 2.19. The molecule has 0 aromatic carbocycles. The van der Waals surface area contributed by atoms with E-state index < -0.39 is 0 Å². The van der Waals surface area contributed by atoms with Gasteiger partial charge in [0.15, 0.2) is 0 Å². The second kappa shape index (κ2) is 7.43. The zero-order valence-electron chi connectivity index (χ0n) is 13.6. The first-order chi connectivity index (χ1) is 9.36. The summed E-state index contributed by atoms with van der Waals surface area (Å²) in [6.45, 7) is 14.2. The maximum atomic E-state index is 5.88. The Morgan fingerprint density at radius 3 is 2.25 bits per heavy atom. The highest BCUT2D eigenvalue weighted by Gasteiger charge is 2.14. The Labute approximate surface area is 122 Å². The van der Waals surface area contributed by atoms with Gasteiger partial charge in [0.05, 0.1) is 5.56 Å². The standard InChI is InChI=1S/C15H28N4O/c1-7-13-17-14(16)12(6)15(18-13)20-9-8-19(10(2)3)11(4)5/h10-11H,7-9H2,1-6H3,(H2,16,17,18). The summed E-state index contributed by atoms with van der Waals surface area (Å²) in [6.07, 6.45) is 0.755. The molecule has 20 heavy (non-hydrogen) atoms. The van der Waals surface area contributed by atoms with Crippen LogP contribution < -0.4 is 10.5 Å². The van der Waals surface area contributed by atoms with Crippen LogP contribution in [0.2, 0.25) is 0 Å². The van der Waals surface area contributed by atoms with Crippen LogP contribution in [0.15, 0.2) is 0 Å². The number of ether oxygens (including phenoxy) is 1. The molecule has 0 aliphatic carbocycles. The van der Waals surface area contributed by atoms with E-state index in [1.807, 2.05) is 13.8 Å². The van der Waals surface area contributed by atoms with Gasteiger partial charge in [0.25, 0.3) is 0 Å². The van der Waals surface area contributed by atoms with Crippen LogP contribution in [-0.2, 0) is 6.42 Å². The first-order valence-corrected chi connectivity index (χ1v) is 7.38. The van der Waals surface area contributed by atoms with E-state index in [9.17, 15) is 0 Å². The SMILES string of the molecule is CCc1nc(N)c(C)c(OCCN(C(C)C)C(C)C)n1. The fraction of sp³-hybridized carbons (Fsp3) is 0.733. The Kier molecular flexibility index (Phi) is 6.20. The monoisotopic (exact) mass is 280 g/mol. The molecule has 5 heteroatoms. The molecule has 114 valence electrons. The highest BCUT2D eigenvalue weighted by atomic mass is 16.5. The topological polar surface area (TPSA) is 64.3 Å². The van der Waals surface area contributed by atoms with E-state index in [1.54, 1.807) is 0 Å². The average molecular weight is 280 g/mol. The van der Waals surface area contributed by atoms with Gasteiger partial charge >= 0.3 is 0 Å². The molecule has 2 N–H and O–H groups in total. The van der Waals surface area contributed by atoms with Crippen molar-refractivity contribution in [3.05, 3.63) is 11.4 Å². The summed E-state index contributed by atoms with van der Waals surface area (Å²) in [5.74, 6) is 1.85. The number of nitrogens with zero attached hydrogens (tertiary/aromatic N) is 3. The molecule has 1 heterocycles. The molecule has 1 rings (SSSR count).